The van der Waals surface area contributed by atoms with Gasteiger partial charge in [-0.3, -0.25) is 0 Å². The zero-order chi connectivity index (χ0) is 17.6. The minimum Gasteiger partial charge on any atom is -0.339 e. The molecular weight excluding hydrogens is 340 g/mol. The lowest BCUT2D eigenvalue weighted by molar-refractivity contribution is 0.252. The number of amides is 2. The largest absolute Gasteiger partial charge is 0.339 e. The standard InChI is InChI=1S/C18H17ClN4O2/c1-12-2-4-13(5-3-12)17-22-16(25-23-17)10-11-20-18(24)21-15-8-6-14(19)7-9-15/h2-9H,10-11H2,1H3,(H2,20,21,24). The van der Waals surface area contributed by atoms with Crippen molar-refractivity contribution in [3.63, 3.8) is 0 Å². The van der Waals surface area contributed by atoms with E-state index in [0.29, 0.717) is 35.4 Å². The molecule has 0 saturated carbocycles. The topological polar surface area (TPSA) is 80.0 Å². The number of carbonyl (C=O) groups is 1. The summed E-state index contributed by atoms with van der Waals surface area (Å²) < 4.78 is 5.22. The molecule has 0 aliphatic heterocycles. The minimum atomic E-state index is -0.305. The zero-order valence-corrected chi connectivity index (χ0v) is 14.4. The normalized spacial score (nSPS) is 10.5. The molecular formula is C18H17ClN4O2. The maximum Gasteiger partial charge on any atom is 0.319 e. The Labute approximate surface area is 150 Å². The summed E-state index contributed by atoms with van der Waals surface area (Å²) in [5.41, 5.74) is 2.73. The van der Waals surface area contributed by atoms with Gasteiger partial charge in [-0.15, -0.1) is 0 Å². The molecule has 0 unspecified atom stereocenters. The molecule has 0 radical (unpaired) electrons. The van der Waals surface area contributed by atoms with Crippen LogP contribution >= 0.6 is 11.6 Å². The predicted octanol–water partition coefficient (Wildman–Crippen LogP) is 4.06. The van der Waals surface area contributed by atoms with E-state index < -0.39 is 0 Å². The van der Waals surface area contributed by atoms with Crippen LogP contribution < -0.4 is 10.6 Å². The van der Waals surface area contributed by atoms with Crippen molar-refractivity contribution in [2.45, 2.75) is 13.3 Å². The summed E-state index contributed by atoms with van der Waals surface area (Å²) >= 11 is 5.80. The molecule has 3 aromatic rings. The van der Waals surface area contributed by atoms with Crippen LogP contribution in [0.2, 0.25) is 5.02 Å². The van der Waals surface area contributed by atoms with Crippen LogP contribution in [-0.4, -0.2) is 22.7 Å². The fraction of sp³-hybridized carbons (Fsp3) is 0.167. The smallest absolute Gasteiger partial charge is 0.319 e. The molecule has 3 rings (SSSR count). The van der Waals surface area contributed by atoms with Crippen molar-refractivity contribution in [3.8, 4) is 11.4 Å². The molecule has 2 N–H and O–H groups in total. The molecule has 1 aromatic heterocycles. The van der Waals surface area contributed by atoms with E-state index in [2.05, 4.69) is 20.8 Å². The van der Waals surface area contributed by atoms with Crippen LogP contribution in [0.15, 0.2) is 53.1 Å². The van der Waals surface area contributed by atoms with E-state index in [0.717, 1.165) is 5.56 Å². The highest BCUT2D eigenvalue weighted by Gasteiger charge is 2.09. The average Bonchev–Trinajstić information content (AvgIpc) is 3.06. The van der Waals surface area contributed by atoms with Gasteiger partial charge in [-0.1, -0.05) is 46.6 Å². The van der Waals surface area contributed by atoms with Crippen LogP contribution in [0.5, 0.6) is 0 Å². The zero-order valence-electron chi connectivity index (χ0n) is 13.6. The van der Waals surface area contributed by atoms with Gasteiger partial charge >= 0.3 is 6.03 Å². The van der Waals surface area contributed by atoms with Crippen molar-refractivity contribution in [2.24, 2.45) is 0 Å². The summed E-state index contributed by atoms with van der Waals surface area (Å²) in [6, 6.07) is 14.5. The number of benzene rings is 2. The highest BCUT2D eigenvalue weighted by Crippen LogP contribution is 2.16. The van der Waals surface area contributed by atoms with E-state index in [4.69, 9.17) is 16.1 Å². The summed E-state index contributed by atoms with van der Waals surface area (Å²) in [6.07, 6.45) is 0.451. The van der Waals surface area contributed by atoms with Crippen molar-refractivity contribution >= 4 is 23.3 Å². The Morgan fingerprint density at radius 2 is 1.84 bits per heavy atom. The van der Waals surface area contributed by atoms with Gasteiger partial charge < -0.3 is 15.2 Å². The summed E-state index contributed by atoms with van der Waals surface area (Å²) in [5, 5.41) is 10.0. The molecule has 0 fully saturated rings. The molecule has 2 amide bonds. The molecule has 25 heavy (non-hydrogen) atoms. The molecule has 0 aliphatic rings. The number of hydrogen-bond acceptors (Lipinski definition) is 4. The second-order valence-corrected chi connectivity index (χ2v) is 5.95. The maximum absolute atomic E-state index is 11.8. The Morgan fingerprint density at radius 3 is 2.56 bits per heavy atom. The molecule has 0 spiro atoms. The molecule has 128 valence electrons. The van der Waals surface area contributed by atoms with Crippen LogP contribution in [0, 0.1) is 6.92 Å². The molecule has 1 heterocycles. The van der Waals surface area contributed by atoms with Crippen molar-refractivity contribution < 1.29 is 9.32 Å². The van der Waals surface area contributed by atoms with Crippen LogP contribution in [-0.2, 0) is 6.42 Å². The molecule has 0 atom stereocenters. The summed E-state index contributed by atoms with van der Waals surface area (Å²) in [7, 11) is 0. The van der Waals surface area contributed by atoms with Crippen LogP contribution in [0.25, 0.3) is 11.4 Å². The van der Waals surface area contributed by atoms with Crippen molar-refractivity contribution in [2.75, 3.05) is 11.9 Å². The van der Waals surface area contributed by atoms with Crippen LogP contribution in [0.3, 0.4) is 0 Å². The predicted molar refractivity (Wildman–Crippen MR) is 96.6 cm³/mol. The first-order chi connectivity index (χ1) is 12.1. The van der Waals surface area contributed by atoms with Gasteiger partial charge in [0.25, 0.3) is 0 Å². The van der Waals surface area contributed by atoms with Gasteiger partial charge in [-0.25, -0.2) is 4.79 Å². The fourth-order valence-electron chi connectivity index (χ4n) is 2.17. The number of halogens is 1. The fourth-order valence-corrected chi connectivity index (χ4v) is 2.29. The van der Waals surface area contributed by atoms with Gasteiger partial charge in [0.05, 0.1) is 0 Å². The van der Waals surface area contributed by atoms with E-state index in [1.165, 1.54) is 5.56 Å². The molecule has 7 heteroatoms. The monoisotopic (exact) mass is 356 g/mol. The van der Waals surface area contributed by atoms with Gasteiger partial charge in [-0.2, -0.15) is 4.98 Å². The van der Waals surface area contributed by atoms with Crippen molar-refractivity contribution in [3.05, 3.63) is 65.0 Å². The third kappa shape index (κ3) is 4.81. The van der Waals surface area contributed by atoms with E-state index in [1.54, 1.807) is 24.3 Å². The van der Waals surface area contributed by atoms with Gasteiger partial charge in [0.15, 0.2) is 0 Å². The highest BCUT2D eigenvalue weighted by atomic mass is 35.5. The van der Waals surface area contributed by atoms with E-state index in [1.807, 2.05) is 31.2 Å². The summed E-state index contributed by atoms with van der Waals surface area (Å²) in [4.78, 5) is 16.2. The number of aromatic nitrogens is 2. The van der Waals surface area contributed by atoms with Crippen molar-refractivity contribution in [1.82, 2.24) is 15.5 Å². The number of anilines is 1. The molecule has 0 bridgehead atoms. The van der Waals surface area contributed by atoms with Crippen molar-refractivity contribution in [1.29, 1.82) is 0 Å². The first-order valence-electron chi connectivity index (χ1n) is 7.80. The van der Waals surface area contributed by atoms with E-state index in [-0.39, 0.29) is 6.03 Å². The third-order valence-corrected chi connectivity index (χ3v) is 3.76. The Hall–Kier alpha value is -2.86. The average molecular weight is 357 g/mol. The second-order valence-electron chi connectivity index (χ2n) is 5.52. The number of aryl methyl sites for hydroxylation is 1. The second kappa shape index (κ2) is 7.81. The van der Waals surface area contributed by atoms with E-state index in [9.17, 15) is 4.79 Å². The number of carbonyl (C=O) groups excluding carboxylic acids is 1. The Bertz CT molecular complexity index is 844. The van der Waals surface area contributed by atoms with Gasteiger partial charge in [0, 0.05) is 29.2 Å². The third-order valence-electron chi connectivity index (χ3n) is 3.50. The number of hydrogen-bond donors (Lipinski definition) is 2. The summed E-state index contributed by atoms with van der Waals surface area (Å²) in [5.74, 6) is 1.02. The van der Waals surface area contributed by atoms with Gasteiger partial charge in [-0.05, 0) is 31.2 Å². The molecule has 0 saturated heterocycles. The Balaban J connectivity index is 1.48. The first-order valence-corrected chi connectivity index (χ1v) is 8.18. The lowest BCUT2D eigenvalue weighted by Gasteiger charge is -2.06. The summed E-state index contributed by atoms with van der Waals surface area (Å²) in [6.45, 7) is 2.40. The number of urea groups is 1. The van der Waals surface area contributed by atoms with Gasteiger partial charge in [0.1, 0.15) is 0 Å². The SMILES string of the molecule is Cc1ccc(-c2noc(CCNC(=O)Nc3ccc(Cl)cc3)n2)cc1. The molecule has 2 aromatic carbocycles. The Kier molecular flexibility index (Phi) is 5.30. The number of nitrogens with one attached hydrogen (secondary N) is 2. The number of nitrogens with zero attached hydrogens (tertiary/aromatic N) is 2. The van der Waals surface area contributed by atoms with Gasteiger partial charge in [0.2, 0.25) is 11.7 Å². The maximum atomic E-state index is 11.8. The molecule has 0 aliphatic carbocycles. The minimum absolute atomic E-state index is 0.305. The quantitative estimate of drug-likeness (QED) is 0.722. The Morgan fingerprint density at radius 1 is 1.12 bits per heavy atom. The van der Waals surface area contributed by atoms with Crippen LogP contribution in [0.4, 0.5) is 10.5 Å². The lowest BCUT2D eigenvalue weighted by atomic mass is 10.1. The number of rotatable bonds is 5. The van der Waals surface area contributed by atoms with E-state index >= 15 is 0 Å². The van der Waals surface area contributed by atoms with Crippen LogP contribution in [0.1, 0.15) is 11.5 Å². The molecule has 6 nitrogen and oxygen atoms in total. The highest BCUT2D eigenvalue weighted by molar-refractivity contribution is 6.30. The lowest BCUT2D eigenvalue weighted by Crippen LogP contribution is -2.30. The first kappa shape index (κ1) is 17.0.